The van der Waals surface area contributed by atoms with Gasteiger partial charge in [0.15, 0.2) is 0 Å². The maximum Gasteiger partial charge on any atom is 0.416 e. The molecule has 0 radical (unpaired) electrons. The number of halogens is 6. The van der Waals surface area contributed by atoms with Crippen molar-refractivity contribution in [3.05, 3.63) is 86.9 Å². The number of urea groups is 1. The maximum absolute atomic E-state index is 14.3. The standard InChI is InChI=1S/C26H19ClF5N5O3/c27-17-2-1-13(28)8-16(17)22-21-19(35-24(39)11-5-12(26(30,31)32)7-14(29)6-11)9-18(34-20(38)10-33)15-3-4-37(23(15)21)25(40)36-22/h1-2,5-9,22H,3-4,10,33H2,(H,34,38)(H,35,39)(H,36,40). The van der Waals surface area contributed by atoms with Crippen molar-refractivity contribution in [2.24, 2.45) is 5.73 Å². The van der Waals surface area contributed by atoms with Crippen molar-refractivity contribution < 1.29 is 36.3 Å². The molecule has 8 nitrogen and oxygen atoms in total. The Bertz CT molecular complexity index is 1580. The van der Waals surface area contributed by atoms with Crippen LogP contribution in [0, 0.1) is 11.6 Å². The van der Waals surface area contributed by atoms with E-state index >= 15 is 0 Å². The molecule has 5 N–H and O–H groups in total. The molecule has 3 aromatic rings. The number of nitrogens with one attached hydrogen (secondary N) is 3. The third-order valence-electron chi connectivity index (χ3n) is 6.57. The number of nitrogens with zero attached hydrogens (tertiary/aromatic N) is 1. The molecule has 0 saturated carbocycles. The number of alkyl halides is 3. The predicted octanol–water partition coefficient (Wildman–Crippen LogP) is 4.96. The molecule has 0 bridgehead atoms. The summed E-state index contributed by atoms with van der Waals surface area (Å²) in [5, 5.41) is 7.89. The molecular formula is C26H19ClF5N5O3. The third kappa shape index (κ3) is 4.93. The molecule has 0 fully saturated rings. The Labute approximate surface area is 228 Å². The first kappa shape index (κ1) is 27.3. The highest BCUT2D eigenvalue weighted by molar-refractivity contribution is 6.31. The summed E-state index contributed by atoms with van der Waals surface area (Å²) in [5.41, 5.74) is 4.78. The molecule has 2 aliphatic rings. The molecule has 4 amide bonds. The molecule has 0 spiro atoms. The Morgan fingerprint density at radius 2 is 1.80 bits per heavy atom. The molecule has 2 aliphatic heterocycles. The van der Waals surface area contributed by atoms with E-state index in [1.54, 1.807) is 0 Å². The average Bonchev–Trinajstić information content (AvgIpc) is 3.34. The number of carbonyl (C=O) groups is 3. The van der Waals surface area contributed by atoms with Crippen molar-refractivity contribution >= 4 is 46.5 Å². The Hall–Kier alpha value is -4.23. The summed E-state index contributed by atoms with van der Waals surface area (Å²) < 4.78 is 68.1. The Morgan fingerprint density at radius 1 is 1.05 bits per heavy atom. The number of hydrogen-bond donors (Lipinski definition) is 4. The number of amides is 4. The van der Waals surface area contributed by atoms with Gasteiger partial charge in [-0.1, -0.05) is 11.6 Å². The third-order valence-corrected chi connectivity index (χ3v) is 6.91. The summed E-state index contributed by atoms with van der Waals surface area (Å²) in [7, 11) is 0. The van der Waals surface area contributed by atoms with Crippen LogP contribution in [-0.2, 0) is 17.4 Å². The van der Waals surface area contributed by atoms with E-state index in [1.807, 2.05) is 0 Å². The molecule has 5 rings (SSSR count). The lowest BCUT2D eigenvalue weighted by atomic mass is 9.90. The number of benzene rings is 3. The van der Waals surface area contributed by atoms with E-state index in [1.165, 1.54) is 17.0 Å². The minimum Gasteiger partial charge on any atom is -0.327 e. The summed E-state index contributed by atoms with van der Waals surface area (Å²) in [6.45, 7) is -0.188. The number of carbonyl (C=O) groups excluding carboxylic acids is 3. The van der Waals surface area contributed by atoms with Crippen LogP contribution in [0.25, 0.3) is 0 Å². The van der Waals surface area contributed by atoms with Gasteiger partial charge in [0.05, 0.1) is 29.5 Å². The highest BCUT2D eigenvalue weighted by Gasteiger charge is 2.41. The molecule has 0 saturated heterocycles. The maximum atomic E-state index is 14.3. The normalized spacial score (nSPS) is 15.9. The summed E-state index contributed by atoms with van der Waals surface area (Å²) in [5.74, 6) is -3.64. The first-order valence-corrected chi connectivity index (χ1v) is 12.2. The quantitative estimate of drug-likeness (QED) is 0.320. The fraction of sp³-hybridized carbons (Fsp3) is 0.192. The van der Waals surface area contributed by atoms with Crippen molar-refractivity contribution in [3.8, 4) is 0 Å². The second kappa shape index (κ2) is 10.1. The van der Waals surface area contributed by atoms with Gasteiger partial charge in [-0.25, -0.2) is 13.6 Å². The lowest BCUT2D eigenvalue weighted by molar-refractivity contribution is -0.137. The molecule has 3 aromatic carbocycles. The second-order valence-corrected chi connectivity index (χ2v) is 9.50. The molecule has 1 atom stereocenters. The van der Waals surface area contributed by atoms with Gasteiger partial charge in [0, 0.05) is 39.5 Å². The first-order chi connectivity index (χ1) is 18.9. The van der Waals surface area contributed by atoms with Gasteiger partial charge in [-0.05, 0) is 48.9 Å². The van der Waals surface area contributed by atoms with Gasteiger partial charge in [0.1, 0.15) is 11.6 Å². The van der Waals surface area contributed by atoms with Gasteiger partial charge in [-0.15, -0.1) is 0 Å². The van der Waals surface area contributed by atoms with E-state index in [0.717, 1.165) is 12.1 Å². The van der Waals surface area contributed by atoms with Crippen LogP contribution >= 0.6 is 11.6 Å². The minimum absolute atomic E-state index is 0.0499. The van der Waals surface area contributed by atoms with Crippen LogP contribution < -0.4 is 26.6 Å². The van der Waals surface area contributed by atoms with E-state index < -0.39 is 52.8 Å². The lowest BCUT2D eigenvalue weighted by Gasteiger charge is -2.35. The topological polar surface area (TPSA) is 117 Å². The molecule has 208 valence electrons. The molecule has 2 heterocycles. The number of anilines is 3. The summed E-state index contributed by atoms with van der Waals surface area (Å²) in [6.07, 6.45) is -4.62. The van der Waals surface area contributed by atoms with Crippen molar-refractivity contribution in [3.63, 3.8) is 0 Å². The van der Waals surface area contributed by atoms with E-state index in [4.69, 9.17) is 17.3 Å². The molecule has 40 heavy (non-hydrogen) atoms. The fourth-order valence-corrected chi connectivity index (χ4v) is 5.08. The molecule has 0 aliphatic carbocycles. The van der Waals surface area contributed by atoms with E-state index in [0.29, 0.717) is 29.8 Å². The molecule has 1 unspecified atom stereocenters. The zero-order valence-corrected chi connectivity index (χ0v) is 21.0. The van der Waals surface area contributed by atoms with Crippen molar-refractivity contribution in [1.82, 2.24) is 5.32 Å². The van der Waals surface area contributed by atoms with Gasteiger partial charge in [-0.3, -0.25) is 14.5 Å². The Morgan fingerprint density at radius 3 is 2.50 bits per heavy atom. The van der Waals surface area contributed by atoms with Gasteiger partial charge < -0.3 is 21.7 Å². The Kier molecular flexibility index (Phi) is 6.88. The van der Waals surface area contributed by atoms with Gasteiger partial charge in [0.25, 0.3) is 5.91 Å². The summed E-state index contributed by atoms with van der Waals surface area (Å²) >= 11 is 6.35. The van der Waals surface area contributed by atoms with Crippen LogP contribution in [0.4, 0.5) is 43.8 Å². The second-order valence-electron chi connectivity index (χ2n) is 9.10. The van der Waals surface area contributed by atoms with Crippen LogP contribution in [0.1, 0.15) is 38.7 Å². The van der Waals surface area contributed by atoms with Crippen molar-refractivity contribution in [2.45, 2.75) is 18.6 Å². The zero-order valence-electron chi connectivity index (χ0n) is 20.3. The number of rotatable bonds is 5. The summed E-state index contributed by atoms with van der Waals surface area (Å²) in [6, 6.07) is 4.56. The molecule has 14 heteroatoms. The highest BCUT2D eigenvalue weighted by Crippen LogP contribution is 2.49. The van der Waals surface area contributed by atoms with Crippen molar-refractivity contribution in [1.29, 1.82) is 0 Å². The van der Waals surface area contributed by atoms with Gasteiger partial charge >= 0.3 is 12.2 Å². The van der Waals surface area contributed by atoms with Crippen LogP contribution in [0.5, 0.6) is 0 Å². The van der Waals surface area contributed by atoms with Crippen LogP contribution in [0.2, 0.25) is 5.02 Å². The van der Waals surface area contributed by atoms with Gasteiger partial charge in [-0.2, -0.15) is 13.2 Å². The predicted molar refractivity (Wildman–Crippen MR) is 136 cm³/mol. The van der Waals surface area contributed by atoms with Crippen molar-refractivity contribution in [2.75, 3.05) is 28.6 Å². The van der Waals surface area contributed by atoms with E-state index in [-0.39, 0.29) is 46.7 Å². The Balaban J connectivity index is 1.70. The van der Waals surface area contributed by atoms with E-state index in [2.05, 4.69) is 16.0 Å². The largest absolute Gasteiger partial charge is 0.416 e. The average molecular weight is 580 g/mol. The lowest BCUT2D eigenvalue weighted by Crippen LogP contribution is -2.46. The number of hydrogen-bond acceptors (Lipinski definition) is 4. The SMILES string of the molecule is NCC(=O)Nc1cc(NC(=O)c2cc(F)cc(C(F)(F)F)c2)c2c3c1CCN3C(=O)NC2c1cc(F)ccc1Cl. The van der Waals surface area contributed by atoms with E-state index in [9.17, 15) is 36.3 Å². The highest BCUT2D eigenvalue weighted by atomic mass is 35.5. The van der Waals surface area contributed by atoms with Crippen LogP contribution in [0.3, 0.4) is 0 Å². The van der Waals surface area contributed by atoms with Crippen LogP contribution in [-0.4, -0.2) is 30.9 Å². The molecule has 0 aromatic heterocycles. The summed E-state index contributed by atoms with van der Waals surface area (Å²) in [4.78, 5) is 39.8. The van der Waals surface area contributed by atoms with Crippen LogP contribution in [0.15, 0.2) is 42.5 Å². The number of nitrogens with two attached hydrogens (primary N) is 1. The van der Waals surface area contributed by atoms with Gasteiger partial charge in [0.2, 0.25) is 5.91 Å². The zero-order chi connectivity index (χ0) is 28.9. The molecular weight excluding hydrogens is 561 g/mol. The fourth-order valence-electron chi connectivity index (χ4n) is 4.86. The smallest absolute Gasteiger partial charge is 0.327 e. The first-order valence-electron chi connectivity index (χ1n) is 11.8. The minimum atomic E-state index is -4.92. The monoisotopic (exact) mass is 579 g/mol.